The van der Waals surface area contributed by atoms with E-state index in [2.05, 4.69) is 4.98 Å². The summed E-state index contributed by atoms with van der Waals surface area (Å²) in [5.41, 5.74) is 1.67. The maximum absolute atomic E-state index is 13.3. The van der Waals surface area contributed by atoms with Crippen molar-refractivity contribution in [2.45, 2.75) is 19.4 Å². The van der Waals surface area contributed by atoms with Gasteiger partial charge in [-0.1, -0.05) is 0 Å². The number of likely N-dealkylation sites (tertiary alicyclic amines) is 1. The summed E-state index contributed by atoms with van der Waals surface area (Å²) in [5, 5.41) is 10.2. The van der Waals surface area contributed by atoms with Crippen LogP contribution in [0, 0.1) is 12.7 Å². The van der Waals surface area contributed by atoms with Crippen molar-refractivity contribution in [1.29, 1.82) is 0 Å². The lowest BCUT2D eigenvalue weighted by molar-refractivity contribution is 0.0766. The molecule has 104 valence electrons. The van der Waals surface area contributed by atoms with Gasteiger partial charge < -0.3 is 10.0 Å². The summed E-state index contributed by atoms with van der Waals surface area (Å²) in [7, 11) is 0. The summed E-state index contributed by atoms with van der Waals surface area (Å²) in [4.78, 5) is 18.4. The van der Waals surface area contributed by atoms with Gasteiger partial charge in [-0.3, -0.25) is 9.78 Å². The molecule has 0 saturated carbocycles. The first kappa shape index (κ1) is 13.0. The molecule has 4 nitrogen and oxygen atoms in total. The van der Waals surface area contributed by atoms with Crippen molar-refractivity contribution in [3.8, 4) is 0 Å². The predicted octanol–water partition coefficient (Wildman–Crippen LogP) is 1.89. The number of aliphatic hydroxyl groups excluding tert-OH is 1. The molecule has 2 heterocycles. The molecule has 0 radical (unpaired) electrons. The number of aliphatic hydroxyl groups is 1. The molecule has 1 N–H and O–H groups in total. The minimum Gasteiger partial charge on any atom is -0.391 e. The molecule has 0 unspecified atom stereocenters. The average molecular weight is 274 g/mol. The number of aromatic nitrogens is 1. The Labute approximate surface area is 115 Å². The molecule has 2 aromatic rings. The van der Waals surface area contributed by atoms with Crippen LogP contribution in [-0.4, -0.2) is 40.1 Å². The second kappa shape index (κ2) is 4.83. The molecule has 1 aromatic heterocycles. The van der Waals surface area contributed by atoms with E-state index in [-0.39, 0.29) is 11.7 Å². The number of carbonyl (C=O) groups is 1. The number of amides is 1. The van der Waals surface area contributed by atoms with Gasteiger partial charge in [0.15, 0.2) is 0 Å². The number of halogens is 1. The molecular weight excluding hydrogens is 259 g/mol. The lowest BCUT2D eigenvalue weighted by Gasteiger charge is -2.17. The standard InChI is InChI=1S/C15H15FN2O2/c1-9-6-13(15(20)18-5-4-11(19)8-18)12-3-2-10(16)7-14(12)17-9/h2-3,6-7,11,19H,4-5,8H2,1H3/t11-/m0/s1. The molecule has 0 spiro atoms. The van der Waals surface area contributed by atoms with Crippen LogP contribution in [0.1, 0.15) is 22.5 Å². The van der Waals surface area contributed by atoms with Crippen molar-refractivity contribution in [1.82, 2.24) is 9.88 Å². The van der Waals surface area contributed by atoms with Gasteiger partial charge in [0.05, 0.1) is 17.2 Å². The number of carbonyl (C=O) groups excluding carboxylic acids is 1. The highest BCUT2D eigenvalue weighted by molar-refractivity contribution is 6.06. The van der Waals surface area contributed by atoms with Gasteiger partial charge in [0, 0.05) is 30.2 Å². The fraction of sp³-hybridized carbons (Fsp3) is 0.333. The Balaban J connectivity index is 2.08. The molecule has 1 saturated heterocycles. The van der Waals surface area contributed by atoms with Crippen molar-refractivity contribution in [2.75, 3.05) is 13.1 Å². The second-order valence-corrected chi connectivity index (χ2v) is 5.17. The van der Waals surface area contributed by atoms with E-state index >= 15 is 0 Å². The van der Waals surface area contributed by atoms with Gasteiger partial charge in [-0.2, -0.15) is 0 Å². The number of benzene rings is 1. The zero-order valence-electron chi connectivity index (χ0n) is 11.1. The van der Waals surface area contributed by atoms with Crippen LogP contribution in [-0.2, 0) is 0 Å². The lowest BCUT2D eigenvalue weighted by Crippen LogP contribution is -2.29. The number of pyridine rings is 1. The van der Waals surface area contributed by atoms with E-state index in [4.69, 9.17) is 0 Å². The fourth-order valence-corrected chi connectivity index (χ4v) is 2.61. The van der Waals surface area contributed by atoms with Gasteiger partial charge in [0.1, 0.15) is 5.82 Å². The molecule has 1 amide bonds. The number of nitrogens with zero attached hydrogens (tertiary/aromatic N) is 2. The molecule has 3 rings (SSSR count). The Hall–Kier alpha value is -2.01. The van der Waals surface area contributed by atoms with Crippen LogP contribution in [0.15, 0.2) is 24.3 Å². The van der Waals surface area contributed by atoms with Crippen LogP contribution < -0.4 is 0 Å². The minimum absolute atomic E-state index is 0.136. The molecule has 0 aliphatic carbocycles. The highest BCUT2D eigenvalue weighted by atomic mass is 19.1. The minimum atomic E-state index is -0.453. The Bertz CT molecular complexity index is 682. The SMILES string of the molecule is Cc1cc(C(=O)N2CC[C@H](O)C2)c2ccc(F)cc2n1. The van der Waals surface area contributed by atoms with Crippen molar-refractivity contribution in [2.24, 2.45) is 0 Å². The number of rotatable bonds is 1. The molecule has 1 aliphatic heterocycles. The van der Waals surface area contributed by atoms with Gasteiger partial charge in [0.25, 0.3) is 5.91 Å². The van der Waals surface area contributed by atoms with Crippen LogP contribution in [0.4, 0.5) is 4.39 Å². The van der Waals surface area contributed by atoms with Gasteiger partial charge in [0.2, 0.25) is 0 Å². The molecule has 5 heteroatoms. The Kier molecular flexibility index (Phi) is 3.14. The molecule has 1 atom stereocenters. The van der Waals surface area contributed by atoms with E-state index in [1.807, 2.05) is 0 Å². The zero-order chi connectivity index (χ0) is 14.3. The number of hydrogen-bond donors (Lipinski definition) is 1. The average Bonchev–Trinajstić information content (AvgIpc) is 2.83. The first-order valence-electron chi connectivity index (χ1n) is 6.59. The van der Waals surface area contributed by atoms with E-state index in [0.717, 1.165) is 0 Å². The summed E-state index contributed by atoms with van der Waals surface area (Å²) in [6, 6.07) is 5.96. The Morgan fingerprint density at radius 3 is 2.95 bits per heavy atom. The van der Waals surface area contributed by atoms with E-state index in [9.17, 15) is 14.3 Å². The van der Waals surface area contributed by atoms with Gasteiger partial charge >= 0.3 is 0 Å². The van der Waals surface area contributed by atoms with Crippen LogP contribution in [0.3, 0.4) is 0 Å². The first-order valence-corrected chi connectivity index (χ1v) is 6.59. The van der Waals surface area contributed by atoms with E-state index in [1.165, 1.54) is 12.1 Å². The lowest BCUT2D eigenvalue weighted by atomic mass is 10.1. The Morgan fingerprint density at radius 2 is 2.25 bits per heavy atom. The Morgan fingerprint density at radius 1 is 1.45 bits per heavy atom. The molecule has 1 aliphatic rings. The first-order chi connectivity index (χ1) is 9.54. The zero-order valence-corrected chi connectivity index (χ0v) is 11.1. The third kappa shape index (κ3) is 2.25. The summed E-state index contributed by atoms with van der Waals surface area (Å²) >= 11 is 0. The quantitative estimate of drug-likeness (QED) is 0.864. The number of fused-ring (bicyclic) bond motifs is 1. The highest BCUT2D eigenvalue weighted by Gasteiger charge is 2.26. The number of β-amino-alcohol motifs (C(OH)–C–C–N with tert-alkyl or cyclic N) is 1. The molecular formula is C15H15FN2O2. The summed E-state index contributed by atoms with van der Waals surface area (Å²) in [5.74, 6) is -0.505. The molecule has 1 aromatic carbocycles. The summed E-state index contributed by atoms with van der Waals surface area (Å²) in [6.45, 7) is 2.67. The smallest absolute Gasteiger partial charge is 0.254 e. The van der Waals surface area contributed by atoms with E-state index < -0.39 is 6.10 Å². The van der Waals surface area contributed by atoms with E-state index in [0.29, 0.717) is 41.7 Å². The van der Waals surface area contributed by atoms with Crippen LogP contribution in [0.5, 0.6) is 0 Å². The van der Waals surface area contributed by atoms with Crippen molar-refractivity contribution < 1.29 is 14.3 Å². The summed E-state index contributed by atoms with van der Waals surface area (Å²) < 4.78 is 13.3. The third-order valence-corrected chi connectivity index (χ3v) is 3.58. The fourth-order valence-electron chi connectivity index (χ4n) is 2.61. The van der Waals surface area contributed by atoms with E-state index in [1.54, 1.807) is 24.0 Å². The van der Waals surface area contributed by atoms with Crippen molar-refractivity contribution in [3.05, 3.63) is 41.3 Å². The van der Waals surface area contributed by atoms with Crippen LogP contribution in [0.25, 0.3) is 10.9 Å². The third-order valence-electron chi connectivity index (χ3n) is 3.58. The monoisotopic (exact) mass is 274 g/mol. The molecule has 0 bridgehead atoms. The molecule has 1 fully saturated rings. The normalized spacial score (nSPS) is 18.8. The largest absolute Gasteiger partial charge is 0.391 e. The highest BCUT2D eigenvalue weighted by Crippen LogP contribution is 2.22. The van der Waals surface area contributed by atoms with Gasteiger partial charge in [-0.05, 0) is 31.5 Å². The molecule has 20 heavy (non-hydrogen) atoms. The summed E-state index contributed by atoms with van der Waals surface area (Å²) in [6.07, 6.45) is 0.146. The predicted molar refractivity (Wildman–Crippen MR) is 73.0 cm³/mol. The van der Waals surface area contributed by atoms with Crippen molar-refractivity contribution in [3.63, 3.8) is 0 Å². The maximum Gasteiger partial charge on any atom is 0.254 e. The van der Waals surface area contributed by atoms with Gasteiger partial charge in [-0.15, -0.1) is 0 Å². The van der Waals surface area contributed by atoms with Crippen molar-refractivity contribution >= 4 is 16.8 Å². The number of hydrogen-bond acceptors (Lipinski definition) is 3. The van der Waals surface area contributed by atoms with Gasteiger partial charge in [-0.25, -0.2) is 4.39 Å². The maximum atomic E-state index is 13.3. The van der Waals surface area contributed by atoms with Crippen LogP contribution >= 0.6 is 0 Å². The second-order valence-electron chi connectivity index (χ2n) is 5.17. The van der Waals surface area contributed by atoms with Crippen LogP contribution in [0.2, 0.25) is 0 Å². The number of aryl methyl sites for hydroxylation is 1. The topological polar surface area (TPSA) is 53.4 Å².